The minimum absolute atomic E-state index is 0.112. The Kier molecular flexibility index (Phi) is 5.31. The van der Waals surface area contributed by atoms with Gasteiger partial charge in [-0.1, -0.05) is 30.3 Å². The van der Waals surface area contributed by atoms with Gasteiger partial charge in [0.1, 0.15) is 0 Å². The first kappa shape index (κ1) is 19.1. The fraction of sp³-hybridized carbons (Fsp3) is 0.652. The van der Waals surface area contributed by atoms with Crippen LogP contribution in [0.3, 0.4) is 0 Å². The molecule has 156 valence electrons. The Labute approximate surface area is 173 Å². The zero-order valence-corrected chi connectivity index (χ0v) is 17.1. The molecule has 1 aromatic carbocycles. The van der Waals surface area contributed by atoms with Crippen molar-refractivity contribution in [2.45, 2.75) is 50.2 Å². The van der Waals surface area contributed by atoms with Gasteiger partial charge in [0.2, 0.25) is 11.8 Å². The fourth-order valence-corrected chi connectivity index (χ4v) is 6.12. The van der Waals surface area contributed by atoms with E-state index in [0.717, 1.165) is 51.9 Å². The molecule has 0 radical (unpaired) electrons. The van der Waals surface area contributed by atoms with Crippen molar-refractivity contribution in [3.63, 3.8) is 0 Å². The third-order valence-corrected chi connectivity index (χ3v) is 7.44. The maximum Gasteiger partial charge on any atom is 0.241 e. The maximum absolute atomic E-state index is 13.2. The molecule has 2 N–H and O–H groups in total. The Hall–Kier alpha value is -1.92. The molecule has 4 heterocycles. The lowest BCUT2D eigenvalue weighted by Crippen LogP contribution is -2.67. The van der Waals surface area contributed by atoms with E-state index in [4.69, 9.17) is 0 Å². The molecule has 6 nitrogen and oxygen atoms in total. The highest BCUT2D eigenvalue weighted by atomic mass is 16.2. The van der Waals surface area contributed by atoms with Crippen LogP contribution < -0.4 is 10.6 Å². The minimum atomic E-state index is -0.112. The standard InChI is InChI=1S/C23H32N4O2/c28-22-8-4-7-20-17-12-18(21(27(20)22)11-16-5-2-1-3-6-16)15-26(14-17)23(29)19-13-24-9-10-25-19/h1-3,5-6,17-21,24-25H,4,7-15H2/t17-,18+,19+,20+,21+/m1/s1. The van der Waals surface area contributed by atoms with Crippen molar-refractivity contribution in [3.8, 4) is 0 Å². The number of nitrogens with zero attached hydrogens (tertiary/aromatic N) is 2. The molecule has 2 bridgehead atoms. The van der Waals surface area contributed by atoms with E-state index in [1.807, 2.05) is 6.07 Å². The number of hydrogen-bond acceptors (Lipinski definition) is 4. The number of amides is 2. The second-order valence-corrected chi connectivity index (χ2v) is 9.23. The minimum Gasteiger partial charge on any atom is -0.341 e. The van der Waals surface area contributed by atoms with Crippen molar-refractivity contribution in [2.24, 2.45) is 11.8 Å². The van der Waals surface area contributed by atoms with Gasteiger partial charge in [-0.2, -0.15) is 0 Å². The zero-order valence-electron chi connectivity index (χ0n) is 17.1. The Morgan fingerprint density at radius 2 is 1.93 bits per heavy atom. The second kappa shape index (κ2) is 8.07. The van der Waals surface area contributed by atoms with E-state index in [9.17, 15) is 9.59 Å². The molecule has 0 saturated carbocycles. The van der Waals surface area contributed by atoms with Crippen LogP contribution in [0, 0.1) is 11.8 Å². The Bertz CT molecular complexity index is 749. The zero-order chi connectivity index (χ0) is 19.8. The largest absolute Gasteiger partial charge is 0.341 e. The molecular weight excluding hydrogens is 364 g/mol. The lowest BCUT2D eigenvalue weighted by molar-refractivity contribution is -0.156. The number of carbonyl (C=O) groups excluding carboxylic acids is 2. The number of hydrogen-bond donors (Lipinski definition) is 2. The Morgan fingerprint density at radius 3 is 2.72 bits per heavy atom. The van der Waals surface area contributed by atoms with Crippen molar-refractivity contribution in [1.29, 1.82) is 0 Å². The van der Waals surface area contributed by atoms with Crippen LogP contribution >= 0.6 is 0 Å². The highest BCUT2D eigenvalue weighted by molar-refractivity contribution is 5.83. The first-order valence-corrected chi connectivity index (χ1v) is 11.3. The van der Waals surface area contributed by atoms with Gasteiger partial charge < -0.3 is 20.4 Å². The van der Waals surface area contributed by atoms with E-state index in [-0.39, 0.29) is 18.0 Å². The summed E-state index contributed by atoms with van der Waals surface area (Å²) in [7, 11) is 0. The van der Waals surface area contributed by atoms with Crippen LogP contribution in [0.2, 0.25) is 0 Å². The van der Waals surface area contributed by atoms with E-state index in [1.165, 1.54) is 5.56 Å². The van der Waals surface area contributed by atoms with Crippen molar-refractivity contribution in [2.75, 3.05) is 32.7 Å². The summed E-state index contributed by atoms with van der Waals surface area (Å²) in [6, 6.07) is 10.9. The van der Waals surface area contributed by atoms with Gasteiger partial charge in [0.25, 0.3) is 0 Å². The molecular formula is C23H32N4O2. The number of carbonyl (C=O) groups is 2. The summed E-state index contributed by atoms with van der Waals surface area (Å²) in [6.07, 6.45) is 4.79. The van der Waals surface area contributed by atoms with Crippen LogP contribution in [-0.2, 0) is 16.0 Å². The summed E-state index contributed by atoms with van der Waals surface area (Å²) in [4.78, 5) is 30.5. The molecule has 6 heteroatoms. The summed E-state index contributed by atoms with van der Waals surface area (Å²) >= 11 is 0. The quantitative estimate of drug-likeness (QED) is 0.801. The van der Waals surface area contributed by atoms with Crippen molar-refractivity contribution < 1.29 is 9.59 Å². The van der Waals surface area contributed by atoms with E-state index in [2.05, 4.69) is 44.7 Å². The van der Waals surface area contributed by atoms with Crippen LogP contribution in [0.15, 0.2) is 30.3 Å². The van der Waals surface area contributed by atoms with Crippen LogP contribution in [0.4, 0.5) is 0 Å². The van der Waals surface area contributed by atoms with Gasteiger partial charge in [-0.3, -0.25) is 9.59 Å². The first-order valence-electron chi connectivity index (χ1n) is 11.3. The fourth-order valence-electron chi connectivity index (χ4n) is 6.12. The van der Waals surface area contributed by atoms with E-state index in [0.29, 0.717) is 36.8 Å². The highest BCUT2D eigenvalue weighted by Gasteiger charge is 2.50. The number of piperazine rings is 1. The van der Waals surface area contributed by atoms with Crippen molar-refractivity contribution in [3.05, 3.63) is 35.9 Å². The summed E-state index contributed by atoms with van der Waals surface area (Å²) in [5.41, 5.74) is 1.29. The third kappa shape index (κ3) is 3.68. The molecule has 4 aliphatic heterocycles. The highest BCUT2D eigenvalue weighted by Crippen LogP contribution is 2.42. The molecule has 0 aromatic heterocycles. The number of piperidine rings is 3. The molecule has 2 amide bonds. The monoisotopic (exact) mass is 396 g/mol. The van der Waals surface area contributed by atoms with Crippen LogP contribution in [0.1, 0.15) is 31.2 Å². The van der Waals surface area contributed by atoms with Crippen LogP contribution in [0.5, 0.6) is 0 Å². The molecule has 0 spiro atoms. The molecule has 29 heavy (non-hydrogen) atoms. The van der Waals surface area contributed by atoms with Gasteiger partial charge >= 0.3 is 0 Å². The molecule has 0 unspecified atom stereocenters. The predicted octanol–water partition coefficient (Wildman–Crippen LogP) is 1.02. The van der Waals surface area contributed by atoms with Gasteiger partial charge in [0.05, 0.1) is 6.04 Å². The van der Waals surface area contributed by atoms with E-state index < -0.39 is 0 Å². The number of likely N-dealkylation sites (tertiary alicyclic amines) is 1. The smallest absolute Gasteiger partial charge is 0.241 e. The van der Waals surface area contributed by atoms with Gasteiger partial charge in [0, 0.05) is 51.2 Å². The van der Waals surface area contributed by atoms with Gasteiger partial charge in [-0.25, -0.2) is 0 Å². The van der Waals surface area contributed by atoms with Crippen molar-refractivity contribution >= 4 is 11.8 Å². The molecule has 1 aromatic rings. The average Bonchev–Trinajstić information content (AvgIpc) is 2.77. The first-order chi connectivity index (χ1) is 14.2. The van der Waals surface area contributed by atoms with E-state index >= 15 is 0 Å². The molecule has 0 aliphatic carbocycles. The Balaban J connectivity index is 1.40. The summed E-state index contributed by atoms with van der Waals surface area (Å²) in [5, 5.41) is 6.71. The number of nitrogens with one attached hydrogen (secondary N) is 2. The number of rotatable bonds is 3. The number of fused-ring (bicyclic) bond motifs is 4. The third-order valence-electron chi connectivity index (χ3n) is 7.44. The Morgan fingerprint density at radius 1 is 1.10 bits per heavy atom. The SMILES string of the molecule is O=C([C@@H]1CNCCN1)N1C[C@H]2C[C@@H](C1)[C@H](Cc1ccccc1)N1C(=O)CCC[C@@H]21. The van der Waals surface area contributed by atoms with Gasteiger partial charge in [0.15, 0.2) is 0 Å². The average molecular weight is 397 g/mol. The van der Waals surface area contributed by atoms with Gasteiger partial charge in [-0.05, 0) is 43.1 Å². The maximum atomic E-state index is 13.2. The summed E-state index contributed by atoms with van der Waals surface area (Å²) in [5.74, 6) is 1.36. The topological polar surface area (TPSA) is 64.7 Å². The molecule has 5 atom stereocenters. The normalized spacial score (nSPS) is 34.6. The summed E-state index contributed by atoms with van der Waals surface area (Å²) < 4.78 is 0. The van der Waals surface area contributed by atoms with Crippen molar-refractivity contribution in [1.82, 2.24) is 20.4 Å². The summed E-state index contributed by atoms with van der Waals surface area (Å²) in [6.45, 7) is 4.07. The number of benzene rings is 1. The van der Waals surface area contributed by atoms with Crippen LogP contribution in [-0.4, -0.2) is 72.5 Å². The lowest BCUT2D eigenvalue weighted by atomic mass is 9.70. The van der Waals surface area contributed by atoms with Gasteiger partial charge in [-0.15, -0.1) is 0 Å². The molecule has 5 rings (SSSR count). The van der Waals surface area contributed by atoms with Crippen LogP contribution in [0.25, 0.3) is 0 Å². The predicted molar refractivity (Wildman–Crippen MR) is 111 cm³/mol. The molecule has 4 fully saturated rings. The molecule has 4 aliphatic rings. The lowest BCUT2D eigenvalue weighted by Gasteiger charge is -2.57. The molecule has 4 saturated heterocycles. The second-order valence-electron chi connectivity index (χ2n) is 9.23. The van der Waals surface area contributed by atoms with E-state index in [1.54, 1.807) is 0 Å².